The Labute approximate surface area is 138 Å². The molecule has 126 valence electrons. The highest BCUT2D eigenvalue weighted by Gasteiger charge is 2.27. The number of hydrogen-bond donors (Lipinski definition) is 2. The third kappa shape index (κ3) is 4.20. The fourth-order valence-corrected chi connectivity index (χ4v) is 3.37. The Morgan fingerprint density at radius 3 is 2.83 bits per heavy atom. The van der Waals surface area contributed by atoms with Crippen molar-refractivity contribution >= 4 is 11.7 Å². The first-order valence-electron chi connectivity index (χ1n) is 8.53. The van der Waals surface area contributed by atoms with E-state index in [0.29, 0.717) is 6.54 Å². The standard InChI is InChI=1S/C17H27N5O/c1-21-6-8-22(9-7-21)16-10-13(4-5-19-16)12-20-17(23)14-2-3-15(18)11-14/h4-5,10,14-15H,2-3,6-9,11-12,18H2,1H3,(H,20,23). The van der Waals surface area contributed by atoms with E-state index in [1.165, 1.54) is 0 Å². The lowest BCUT2D eigenvalue weighted by Gasteiger charge is -2.33. The van der Waals surface area contributed by atoms with E-state index in [4.69, 9.17) is 5.73 Å². The molecule has 2 aliphatic rings. The highest BCUT2D eigenvalue weighted by atomic mass is 16.1. The third-order valence-corrected chi connectivity index (χ3v) is 4.95. The van der Waals surface area contributed by atoms with Gasteiger partial charge in [0.1, 0.15) is 5.82 Å². The molecule has 1 saturated heterocycles. The number of hydrogen-bond acceptors (Lipinski definition) is 5. The molecule has 6 heteroatoms. The monoisotopic (exact) mass is 317 g/mol. The molecular formula is C17H27N5O. The zero-order valence-electron chi connectivity index (χ0n) is 13.9. The Bertz CT molecular complexity index is 542. The highest BCUT2D eigenvalue weighted by molar-refractivity contribution is 5.79. The minimum atomic E-state index is 0.0870. The summed E-state index contributed by atoms with van der Waals surface area (Å²) in [5, 5.41) is 3.05. The van der Waals surface area contributed by atoms with Crippen LogP contribution in [0.1, 0.15) is 24.8 Å². The number of amides is 1. The molecule has 3 N–H and O–H groups in total. The average molecular weight is 317 g/mol. The highest BCUT2D eigenvalue weighted by Crippen LogP contribution is 2.24. The van der Waals surface area contributed by atoms with Gasteiger partial charge in [0.05, 0.1) is 0 Å². The van der Waals surface area contributed by atoms with Gasteiger partial charge < -0.3 is 20.9 Å². The predicted molar refractivity (Wildman–Crippen MR) is 91.1 cm³/mol. The molecule has 0 radical (unpaired) electrons. The second-order valence-corrected chi connectivity index (χ2v) is 6.80. The summed E-state index contributed by atoms with van der Waals surface area (Å²) in [6.07, 6.45) is 4.52. The van der Waals surface area contributed by atoms with E-state index in [2.05, 4.69) is 33.2 Å². The fraction of sp³-hybridized carbons (Fsp3) is 0.647. The molecule has 1 aliphatic carbocycles. The summed E-state index contributed by atoms with van der Waals surface area (Å²) < 4.78 is 0. The number of pyridine rings is 1. The van der Waals surface area contributed by atoms with E-state index < -0.39 is 0 Å². The lowest BCUT2D eigenvalue weighted by atomic mass is 10.1. The van der Waals surface area contributed by atoms with Crippen LogP contribution in [0.4, 0.5) is 5.82 Å². The molecule has 1 saturated carbocycles. The van der Waals surface area contributed by atoms with Gasteiger partial charge in [0.2, 0.25) is 5.91 Å². The van der Waals surface area contributed by atoms with Crippen LogP contribution in [0.25, 0.3) is 0 Å². The molecule has 2 atom stereocenters. The third-order valence-electron chi connectivity index (χ3n) is 4.95. The van der Waals surface area contributed by atoms with Crippen LogP contribution in [0.3, 0.4) is 0 Å². The first-order valence-corrected chi connectivity index (χ1v) is 8.53. The van der Waals surface area contributed by atoms with Gasteiger partial charge >= 0.3 is 0 Å². The topological polar surface area (TPSA) is 74.5 Å². The summed E-state index contributed by atoms with van der Waals surface area (Å²) in [5.41, 5.74) is 6.99. The van der Waals surface area contributed by atoms with Gasteiger partial charge in [-0.05, 0) is 44.0 Å². The van der Waals surface area contributed by atoms with Crippen molar-refractivity contribution in [3.63, 3.8) is 0 Å². The summed E-state index contributed by atoms with van der Waals surface area (Å²) in [5.74, 6) is 1.23. The first kappa shape index (κ1) is 16.2. The molecular weight excluding hydrogens is 290 g/mol. The number of nitrogens with zero attached hydrogens (tertiary/aromatic N) is 3. The lowest BCUT2D eigenvalue weighted by Crippen LogP contribution is -2.44. The van der Waals surface area contributed by atoms with Gasteiger partial charge in [-0.15, -0.1) is 0 Å². The second-order valence-electron chi connectivity index (χ2n) is 6.80. The fourth-order valence-electron chi connectivity index (χ4n) is 3.37. The van der Waals surface area contributed by atoms with Crippen molar-refractivity contribution < 1.29 is 4.79 Å². The molecule has 2 fully saturated rings. The molecule has 1 amide bonds. The van der Waals surface area contributed by atoms with Crippen molar-refractivity contribution in [2.45, 2.75) is 31.8 Å². The molecule has 1 aromatic heterocycles. The van der Waals surface area contributed by atoms with Crippen molar-refractivity contribution in [3.8, 4) is 0 Å². The number of likely N-dealkylation sites (N-methyl/N-ethyl adjacent to an activating group) is 1. The molecule has 1 aliphatic heterocycles. The van der Waals surface area contributed by atoms with Crippen LogP contribution in [0.2, 0.25) is 0 Å². The van der Waals surface area contributed by atoms with Crippen molar-refractivity contribution in [3.05, 3.63) is 23.9 Å². The summed E-state index contributed by atoms with van der Waals surface area (Å²) in [6.45, 7) is 4.68. The first-order chi connectivity index (χ1) is 11.1. The minimum absolute atomic E-state index is 0.0870. The van der Waals surface area contributed by atoms with Crippen LogP contribution in [0.15, 0.2) is 18.3 Å². The molecule has 0 aromatic carbocycles. The van der Waals surface area contributed by atoms with Gasteiger partial charge in [-0.25, -0.2) is 4.98 Å². The molecule has 2 unspecified atom stereocenters. The Hall–Kier alpha value is -1.66. The summed E-state index contributed by atoms with van der Waals surface area (Å²) >= 11 is 0. The maximum atomic E-state index is 12.2. The Morgan fingerprint density at radius 1 is 1.35 bits per heavy atom. The quantitative estimate of drug-likeness (QED) is 0.849. The van der Waals surface area contributed by atoms with Crippen LogP contribution in [-0.4, -0.2) is 55.1 Å². The van der Waals surface area contributed by atoms with E-state index in [1.807, 2.05) is 12.3 Å². The number of carbonyl (C=O) groups is 1. The molecule has 23 heavy (non-hydrogen) atoms. The summed E-state index contributed by atoms with van der Waals surface area (Å²) in [7, 11) is 2.14. The van der Waals surface area contributed by atoms with Gasteiger partial charge in [-0.1, -0.05) is 0 Å². The van der Waals surface area contributed by atoms with Crippen molar-refractivity contribution in [1.29, 1.82) is 0 Å². The van der Waals surface area contributed by atoms with Crippen LogP contribution < -0.4 is 16.0 Å². The van der Waals surface area contributed by atoms with E-state index in [9.17, 15) is 4.79 Å². The largest absolute Gasteiger partial charge is 0.354 e. The molecule has 3 rings (SSSR count). The van der Waals surface area contributed by atoms with E-state index in [-0.39, 0.29) is 17.9 Å². The minimum Gasteiger partial charge on any atom is -0.354 e. The van der Waals surface area contributed by atoms with Gasteiger partial charge in [0.25, 0.3) is 0 Å². The molecule has 0 bridgehead atoms. The number of rotatable bonds is 4. The molecule has 0 spiro atoms. The lowest BCUT2D eigenvalue weighted by molar-refractivity contribution is -0.125. The zero-order valence-corrected chi connectivity index (χ0v) is 13.9. The van der Waals surface area contributed by atoms with Gasteiger partial charge in [0.15, 0.2) is 0 Å². The normalized spacial score (nSPS) is 25.6. The second kappa shape index (κ2) is 7.27. The summed E-state index contributed by atoms with van der Waals surface area (Å²) in [6, 6.07) is 4.25. The van der Waals surface area contributed by atoms with Crippen LogP contribution in [0, 0.1) is 5.92 Å². The van der Waals surface area contributed by atoms with E-state index in [1.54, 1.807) is 0 Å². The smallest absolute Gasteiger partial charge is 0.223 e. The number of nitrogens with one attached hydrogen (secondary N) is 1. The van der Waals surface area contributed by atoms with Crippen molar-refractivity contribution in [2.24, 2.45) is 11.7 Å². The molecule has 6 nitrogen and oxygen atoms in total. The van der Waals surface area contributed by atoms with Crippen LogP contribution >= 0.6 is 0 Å². The van der Waals surface area contributed by atoms with E-state index >= 15 is 0 Å². The van der Waals surface area contributed by atoms with Crippen molar-refractivity contribution in [1.82, 2.24) is 15.2 Å². The number of nitrogens with two attached hydrogens (primary N) is 1. The Balaban J connectivity index is 1.54. The predicted octanol–water partition coefficient (Wildman–Crippen LogP) is 0.577. The number of aromatic nitrogens is 1. The van der Waals surface area contributed by atoms with Crippen molar-refractivity contribution in [2.75, 3.05) is 38.1 Å². The maximum Gasteiger partial charge on any atom is 0.223 e. The Morgan fingerprint density at radius 2 is 2.13 bits per heavy atom. The summed E-state index contributed by atoms with van der Waals surface area (Å²) in [4.78, 5) is 21.3. The Kier molecular flexibility index (Phi) is 5.13. The SMILES string of the molecule is CN1CCN(c2cc(CNC(=O)C3CCC(N)C3)ccn2)CC1. The maximum absolute atomic E-state index is 12.2. The van der Waals surface area contributed by atoms with Gasteiger partial charge in [-0.2, -0.15) is 0 Å². The van der Waals surface area contributed by atoms with Crippen LogP contribution in [-0.2, 0) is 11.3 Å². The van der Waals surface area contributed by atoms with Gasteiger partial charge in [0, 0.05) is 50.9 Å². The number of carbonyl (C=O) groups excluding carboxylic acids is 1. The molecule has 2 heterocycles. The molecule has 1 aromatic rings. The van der Waals surface area contributed by atoms with E-state index in [0.717, 1.165) is 56.8 Å². The number of piperazine rings is 1. The van der Waals surface area contributed by atoms with Crippen LogP contribution in [0.5, 0.6) is 0 Å². The van der Waals surface area contributed by atoms with Gasteiger partial charge in [-0.3, -0.25) is 4.79 Å². The zero-order chi connectivity index (χ0) is 16.2. The number of anilines is 1. The average Bonchev–Trinajstić information content (AvgIpc) is 3.00.